The summed E-state index contributed by atoms with van der Waals surface area (Å²) in [7, 11) is 1.79. The Morgan fingerprint density at radius 3 is 2.23 bits per heavy atom. The molecule has 1 fully saturated rings. The molecule has 0 aliphatic heterocycles. The minimum atomic E-state index is -0.329. The van der Waals surface area contributed by atoms with E-state index >= 15 is 0 Å². The van der Waals surface area contributed by atoms with Crippen LogP contribution in [0.3, 0.4) is 0 Å². The first-order chi connectivity index (χ1) is 5.92. The number of nitrogens with zero attached hydrogens (tertiary/aromatic N) is 1. The molecule has 3 heteroatoms. The van der Waals surface area contributed by atoms with Crippen LogP contribution < -0.4 is 0 Å². The van der Waals surface area contributed by atoms with Gasteiger partial charge >= 0.3 is 5.37 Å². The number of halogens is 1. The van der Waals surface area contributed by atoms with Crippen LogP contribution in [0.4, 0.5) is 4.79 Å². The lowest BCUT2D eigenvalue weighted by Crippen LogP contribution is -2.38. The van der Waals surface area contributed by atoms with Crippen molar-refractivity contribution in [1.29, 1.82) is 0 Å². The molecule has 1 amide bonds. The van der Waals surface area contributed by atoms with Crippen molar-refractivity contribution >= 4 is 17.0 Å². The maximum Gasteiger partial charge on any atom is 0.316 e. The van der Waals surface area contributed by atoms with Crippen LogP contribution in [0.5, 0.6) is 0 Å². The molecular weight excluding hydrogens is 186 g/mol. The molecule has 0 saturated heterocycles. The van der Waals surface area contributed by atoms with Gasteiger partial charge in [-0.2, -0.15) is 0 Å². The molecule has 76 valence electrons. The minimum absolute atomic E-state index is 0.329. The molecule has 0 N–H and O–H groups in total. The smallest absolute Gasteiger partial charge is 0.316 e. The van der Waals surface area contributed by atoms with E-state index in [1.807, 2.05) is 0 Å². The summed E-state index contributed by atoms with van der Waals surface area (Å²) in [6.07, 6.45) is 4.54. The average molecular weight is 204 g/mol. The third-order valence-electron chi connectivity index (χ3n) is 3.13. The number of amides is 1. The lowest BCUT2D eigenvalue weighted by atomic mass is 9.75. The molecule has 0 heterocycles. The van der Waals surface area contributed by atoms with E-state index in [0.717, 1.165) is 12.8 Å². The molecule has 0 radical (unpaired) electrons. The number of hydrogen-bond donors (Lipinski definition) is 0. The van der Waals surface area contributed by atoms with Crippen LogP contribution in [0.2, 0.25) is 0 Å². The SMILES string of the molecule is CN(C(=O)Cl)C1CCC(C)(C)CC1. The summed E-state index contributed by atoms with van der Waals surface area (Å²) in [4.78, 5) is 12.6. The van der Waals surface area contributed by atoms with Crippen molar-refractivity contribution < 1.29 is 4.79 Å². The standard InChI is InChI=1S/C10H18ClNO/c1-10(2)6-4-8(5-7-10)12(3)9(11)13/h8H,4-7H2,1-3H3. The van der Waals surface area contributed by atoms with E-state index in [1.54, 1.807) is 11.9 Å². The predicted octanol–water partition coefficient (Wildman–Crippen LogP) is 3.25. The Labute approximate surface area is 85.2 Å². The Kier molecular flexibility index (Phi) is 3.23. The Hall–Kier alpha value is -0.240. The maximum absolute atomic E-state index is 10.9. The molecule has 0 spiro atoms. The molecule has 0 bridgehead atoms. The van der Waals surface area contributed by atoms with Gasteiger partial charge in [0.1, 0.15) is 0 Å². The van der Waals surface area contributed by atoms with E-state index in [2.05, 4.69) is 13.8 Å². The zero-order chi connectivity index (χ0) is 10.1. The van der Waals surface area contributed by atoms with Gasteiger partial charge in [0, 0.05) is 13.1 Å². The van der Waals surface area contributed by atoms with Gasteiger partial charge in [0.25, 0.3) is 0 Å². The lowest BCUT2D eigenvalue weighted by molar-refractivity contribution is 0.147. The van der Waals surface area contributed by atoms with Crippen molar-refractivity contribution in [2.75, 3.05) is 7.05 Å². The average Bonchev–Trinajstić information content (AvgIpc) is 2.03. The van der Waals surface area contributed by atoms with Crippen molar-refractivity contribution in [3.05, 3.63) is 0 Å². The zero-order valence-electron chi connectivity index (χ0n) is 8.64. The largest absolute Gasteiger partial charge is 0.329 e. The quantitative estimate of drug-likeness (QED) is 0.473. The first kappa shape index (κ1) is 10.8. The molecule has 0 atom stereocenters. The second kappa shape index (κ2) is 3.87. The molecule has 0 aromatic heterocycles. The summed E-state index contributed by atoms with van der Waals surface area (Å²) in [6, 6.07) is 0.359. The Morgan fingerprint density at radius 1 is 1.38 bits per heavy atom. The van der Waals surface area contributed by atoms with Crippen LogP contribution in [0.25, 0.3) is 0 Å². The van der Waals surface area contributed by atoms with Crippen LogP contribution >= 0.6 is 11.6 Å². The minimum Gasteiger partial charge on any atom is -0.329 e. The molecule has 2 nitrogen and oxygen atoms in total. The van der Waals surface area contributed by atoms with Crippen LogP contribution in [-0.4, -0.2) is 23.4 Å². The first-order valence-electron chi connectivity index (χ1n) is 4.85. The Morgan fingerprint density at radius 2 is 1.85 bits per heavy atom. The van der Waals surface area contributed by atoms with Crippen molar-refractivity contribution in [2.45, 2.75) is 45.6 Å². The molecule has 0 aromatic rings. The fourth-order valence-corrected chi connectivity index (χ4v) is 2.05. The van der Waals surface area contributed by atoms with E-state index in [0.29, 0.717) is 11.5 Å². The highest BCUT2D eigenvalue weighted by molar-refractivity contribution is 6.62. The van der Waals surface area contributed by atoms with Crippen molar-refractivity contribution in [3.8, 4) is 0 Å². The molecule has 1 aliphatic carbocycles. The van der Waals surface area contributed by atoms with E-state index in [1.165, 1.54) is 12.8 Å². The number of carbonyl (C=O) groups excluding carboxylic acids is 1. The van der Waals surface area contributed by atoms with Gasteiger partial charge in [-0.15, -0.1) is 0 Å². The molecular formula is C10H18ClNO. The number of rotatable bonds is 1. The maximum atomic E-state index is 10.9. The van der Waals surface area contributed by atoms with Gasteiger partial charge in [0.05, 0.1) is 0 Å². The van der Waals surface area contributed by atoms with Gasteiger partial charge in [0.2, 0.25) is 0 Å². The number of hydrogen-bond acceptors (Lipinski definition) is 1. The van der Waals surface area contributed by atoms with Crippen molar-refractivity contribution in [3.63, 3.8) is 0 Å². The summed E-state index contributed by atoms with van der Waals surface area (Å²) in [5.74, 6) is 0. The van der Waals surface area contributed by atoms with E-state index in [9.17, 15) is 4.79 Å². The third-order valence-corrected chi connectivity index (χ3v) is 3.40. The molecule has 13 heavy (non-hydrogen) atoms. The fraction of sp³-hybridized carbons (Fsp3) is 0.900. The summed E-state index contributed by atoms with van der Waals surface area (Å²) in [6.45, 7) is 4.57. The topological polar surface area (TPSA) is 20.3 Å². The predicted molar refractivity (Wildman–Crippen MR) is 55.0 cm³/mol. The van der Waals surface area contributed by atoms with Gasteiger partial charge in [-0.1, -0.05) is 13.8 Å². The highest BCUT2D eigenvalue weighted by Gasteiger charge is 2.29. The van der Waals surface area contributed by atoms with Crippen LogP contribution in [0.15, 0.2) is 0 Å². The summed E-state index contributed by atoms with van der Waals surface area (Å²) in [5, 5.41) is -0.329. The highest BCUT2D eigenvalue weighted by Crippen LogP contribution is 2.36. The third kappa shape index (κ3) is 2.87. The summed E-state index contributed by atoms with van der Waals surface area (Å²) >= 11 is 5.42. The van der Waals surface area contributed by atoms with Gasteiger partial charge < -0.3 is 4.90 Å². The van der Waals surface area contributed by atoms with Crippen LogP contribution in [0, 0.1) is 5.41 Å². The van der Waals surface area contributed by atoms with Crippen molar-refractivity contribution in [1.82, 2.24) is 4.90 Å². The number of carbonyl (C=O) groups is 1. The van der Waals surface area contributed by atoms with Gasteiger partial charge in [0.15, 0.2) is 0 Å². The van der Waals surface area contributed by atoms with Gasteiger partial charge in [-0.3, -0.25) is 4.79 Å². The molecule has 1 aliphatic rings. The van der Waals surface area contributed by atoms with Crippen LogP contribution in [0.1, 0.15) is 39.5 Å². The molecule has 0 aromatic carbocycles. The molecule has 1 saturated carbocycles. The lowest BCUT2D eigenvalue weighted by Gasteiger charge is -2.37. The second-order valence-electron chi connectivity index (χ2n) is 4.76. The van der Waals surface area contributed by atoms with Crippen molar-refractivity contribution in [2.24, 2.45) is 5.41 Å². The monoisotopic (exact) mass is 203 g/mol. The highest BCUT2D eigenvalue weighted by atomic mass is 35.5. The van der Waals surface area contributed by atoms with E-state index in [4.69, 9.17) is 11.6 Å². The fourth-order valence-electron chi connectivity index (χ4n) is 1.91. The van der Waals surface area contributed by atoms with Crippen LogP contribution in [-0.2, 0) is 0 Å². The first-order valence-corrected chi connectivity index (χ1v) is 5.22. The Bertz CT molecular complexity index is 193. The van der Waals surface area contributed by atoms with E-state index in [-0.39, 0.29) is 5.37 Å². The van der Waals surface area contributed by atoms with E-state index < -0.39 is 0 Å². The summed E-state index contributed by atoms with van der Waals surface area (Å²) in [5.41, 5.74) is 0.451. The zero-order valence-corrected chi connectivity index (χ0v) is 9.40. The summed E-state index contributed by atoms with van der Waals surface area (Å²) < 4.78 is 0. The van der Waals surface area contributed by atoms with Gasteiger partial charge in [-0.05, 0) is 42.7 Å². The molecule has 0 unspecified atom stereocenters. The van der Waals surface area contributed by atoms with Gasteiger partial charge in [-0.25, -0.2) is 0 Å². The normalized spacial score (nSPS) is 22.8. The second-order valence-corrected chi connectivity index (χ2v) is 5.08. The molecule has 1 rings (SSSR count). The Balaban J connectivity index is 2.45.